The van der Waals surface area contributed by atoms with Crippen molar-refractivity contribution in [3.8, 4) is 0 Å². The van der Waals surface area contributed by atoms with Crippen LogP contribution in [0.1, 0.15) is 12.8 Å². The Bertz CT molecular complexity index is 560. The maximum atomic E-state index is 11.9. The SMILES string of the molecule is O=C(CNc1nccc2sccc12)N1CCCC1. The summed E-state index contributed by atoms with van der Waals surface area (Å²) < 4.78 is 1.20. The fraction of sp³-hybridized carbons (Fsp3) is 0.385. The molecule has 1 amide bonds. The minimum absolute atomic E-state index is 0.168. The maximum absolute atomic E-state index is 11.9. The second kappa shape index (κ2) is 4.94. The molecule has 2 aromatic heterocycles. The molecule has 18 heavy (non-hydrogen) atoms. The summed E-state index contributed by atoms with van der Waals surface area (Å²) in [7, 11) is 0. The van der Waals surface area contributed by atoms with Crippen LogP contribution in [0, 0.1) is 0 Å². The van der Waals surface area contributed by atoms with Gasteiger partial charge in [0.1, 0.15) is 5.82 Å². The maximum Gasteiger partial charge on any atom is 0.241 e. The number of carbonyl (C=O) groups excluding carboxylic acids is 1. The van der Waals surface area contributed by atoms with Gasteiger partial charge >= 0.3 is 0 Å². The van der Waals surface area contributed by atoms with Crippen LogP contribution in [0.5, 0.6) is 0 Å². The zero-order valence-corrected chi connectivity index (χ0v) is 10.9. The Hall–Kier alpha value is -1.62. The van der Waals surface area contributed by atoms with E-state index in [0.29, 0.717) is 6.54 Å². The molecule has 0 radical (unpaired) electrons. The zero-order chi connectivity index (χ0) is 12.4. The third kappa shape index (κ3) is 2.18. The van der Waals surface area contributed by atoms with Gasteiger partial charge in [-0.25, -0.2) is 4.98 Å². The largest absolute Gasteiger partial charge is 0.360 e. The molecule has 1 fully saturated rings. The number of thiophene rings is 1. The van der Waals surface area contributed by atoms with Crippen molar-refractivity contribution in [3.05, 3.63) is 23.7 Å². The summed E-state index contributed by atoms with van der Waals surface area (Å²) >= 11 is 1.69. The number of anilines is 1. The van der Waals surface area contributed by atoms with Gasteiger partial charge in [0.25, 0.3) is 0 Å². The Balaban J connectivity index is 1.69. The lowest BCUT2D eigenvalue weighted by atomic mass is 10.3. The molecule has 3 heterocycles. The summed E-state index contributed by atoms with van der Waals surface area (Å²) in [6.07, 6.45) is 4.04. The van der Waals surface area contributed by atoms with Gasteiger partial charge in [-0.1, -0.05) is 0 Å². The lowest BCUT2D eigenvalue weighted by molar-refractivity contribution is -0.128. The molecule has 1 aliphatic heterocycles. The van der Waals surface area contributed by atoms with Gasteiger partial charge in [0.2, 0.25) is 5.91 Å². The molecule has 0 saturated carbocycles. The van der Waals surface area contributed by atoms with E-state index in [2.05, 4.69) is 10.3 Å². The fourth-order valence-corrected chi connectivity index (χ4v) is 3.06. The minimum atomic E-state index is 0.168. The van der Waals surface area contributed by atoms with Gasteiger partial charge in [-0.2, -0.15) is 0 Å². The average Bonchev–Trinajstić information content (AvgIpc) is 3.05. The normalized spacial score (nSPS) is 15.2. The third-order valence-electron chi connectivity index (χ3n) is 3.25. The highest BCUT2D eigenvalue weighted by atomic mass is 32.1. The number of carbonyl (C=O) groups is 1. The van der Waals surface area contributed by atoms with Gasteiger partial charge in [0.05, 0.1) is 6.54 Å². The summed E-state index contributed by atoms with van der Waals surface area (Å²) in [5.41, 5.74) is 0. The topological polar surface area (TPSA) is 45.2 Å². The van der Waals surface area contributed by atoms with Gasteiger partial charge in [-0.15, -0.1) is 11.3 Å². The highest BCUT2D eigenvalue weighted by Crippen LogP contribution is 2.25. The van der Waals surface area contributed by atoms with E-state index in [1.165, 1.54) is 4.70 Å². The van der Waals surface area contributed by atoms with E-state index in [1.807, 2.05) is 22.4 Å². The molecule has 0 unspecified atom stereocenters. The Labute approximate surface area is 110 Å². The average molecular weight is 261 g/mol. The van der Waals surface area contributed by atoms with E-state index in [9.17, 15) is 4.79 Å². The second-order valence-electron chi connectivity index (χ2n) is 4.43. The molecule has 3 rings (SSSR count). The number of likely N-dealkylation sites (tertiary alicyclic amines) is 1. The van der Waals surface area contributed by atoms with Crippen molar-refractivity contribution in [1.29, 1.82) is 0 Å². The van der Waals surface area contributed by atoms with Crippen molar-refractivity contribution < 1.29 is 4.79 Å². The molecule has 2 aromatic rings. The van der Waals surface area contributed by atoms with Gasteiger partial charge in [-0.05, 0) is 30.4 Å². The number of amides is 1. The van der Waals surface area contributed by atoms with E-state index in [4.69, 9.17) is 0 Å². The highest BCUT2D eigenvalue weighted by Gasteiger charge is 2.17. The fourth-order valence-electron chi connectivity index (χ4n) is 2.27. The second-order valence-corrected chi connectivity index (χ2v) is 5.38. The first-order valence-corrected chi connectivity index (χ1v) is 7.06. The summed E-state index contributed by atoms with van der Waals surface area (Å²) in [5.74, 6) is 0.975. The van der Waals surface area contributed by atoms with Crippen molar-refractivity contribution in [2.24, 2.45) is 0 Å². The monoisotopic (exact) mass is 261 g/mol. The van der Waals surface area contributed by atoms with Crippen LogP contribution in [-0.2, 0) is 4.79 Å². The summed E-state index contributed by atoms with van der Waals surface area (Å²) in [6.45, 7) is 2.13. The number of aromatic nitrogens is 1. The Kier molecular flexibility index (Phi) is 3.15. The van der Waals surface area contributed by atoms with Crippen molar-refractivity contribution in [3.63, 3.8) is 0 Å². The molecule has 1 aliphatic rings. The standard InChI is InChI=1S/C13H15N3OS/c17-12(16-6-1-2-7-16)9-15-13-10-4-8-18-11(10)3-5-14-13/h3-5,8H,1-2,6-7,9H2,(H,14,15). The molecular formula is C13H15N3OS. The molecule has 1 N–H and O–H groups in total. The van der Waals surface area contributed by atoms with Gasteiger partial charge < -0.3 is 10.2 Å². The van der Waals surface area contributed by atoms with Crippen LogP contribution in [0.2, 0.25) is 0 Å². The van der Waals surface area contributed by atoms with Crippen LogP contribution >= 0.6 is 11.3 Å². The van der Waals surface area contributed by atoms with Crippen molar-refractivity contribution in [2.75, 3.05) is 25.0 Å². The van der Waals surface area contributed by atoms with E-state index in [0.717, 1.165) is 37.1 Å². The van der Waals surface area contributed by atoms with Gasteiger partial charge in [-0.3, -0.25) is 4.79 Å². The molecule has 0 aliphatic carbocycles. The van der Waals surface area contributed by atoms with Gasteiger partial charge in [0, 0.05) is 29.4 Å². The lowest BCUT2D eigenvalue weighted by Crippen LogP contribution is -2.33. The Morgan fingerprint density at radius 1 is 1.39 bits per heavy atom. The zero-order valence-electron chi connectivity index (χ0n) is 10.1. The number of rotatable bonds is 3. The lowest BCUT2D eigenvalue weighted by Gasteiger charge is -2.15. The van der Waals surface area contributed by atoms with Crippen molar-refractivity contribution in [1.82, 2.24) is 9.88 Å². The van der Waals surface area contributed by atoms with E-state index >= 15 is 0 Å². The number of hydrogen-bond acceptors (Lipinski definition) is 4. The van der Waals surface area contributed by atoms with Crippen LogP contribution < -0.4 is 5.32 Å². The van der Waals surface area contributed by atoms with Gasteiger partial charge in [0.15, 0.2) is 0 Å². The summed E-state index contributed by atoms with van der Waals surface area (Å²) in [6, 6.07) is 4.03. The van der Waals surface area contributed by atoms with Crippen LogP contribution in [-0.4, -0.2) is 35.4 Å². The number of pyridine rings is 1. The predicted octanol–water partition coefficient (Wildman–Crippen LogP) is 2.33. The number of hydrogen-bond donors (Lipinski definition) is 1. The Morgan fingerprint density at radius 2 is 2.22 bits per heavy atom. The molecule has 94 valence electrons. The quantitative estimate of drug-likeness (QED) is 0.922. The van der Waals surface area contributed by atoms with Crippen molar-refractivity contribution >= 4 is 33.1 Å². The molecule has 0 bridgehead atoms. The highest BCUT2D eigenvalue weighted by molar-refractivity contribution is 7.17. The van der Waals surface area contributed by atoms with E-state index in [1.54, 1.807) is 17.5 Å². The Morgan fingerprint density at radius 3 is 3.06 bits per heavy atom. The summed E-state index contributed by atoms with van der Waals surface area (Å²) in [4.78, 5) is 18.2. The number of nitrogens with one attached hydrogen (secondary N) is 1. The molecule has 0 atom stereocenters. The molecule has 1 saturated heterocycles. The number of fused-ring (bicyclic) bond motifs is 1. The number of nitrogens with zero attached hydrogens (tertiary/aromatic N) is 2. The van der Waals surface area contributed by atoms with Crippen LogP contribution in [0.15, 0.2) is 23.7 Å². The predicted molar refractivity (Wildman–Crippen MR) is 73.9 cm³/mol. The molecule has 4 nitrogen and oxygen atoms in total. The summed E-state index contributed by atoms with van der Waals surface area (Å²) in [5, 5.41) is 6.29. The van der Waals surface area contributed by atoms with E-state index < -0.39 is 0 Å². The molecule has 0 aromatic carbocycles. The first-order valence-electron chi connectivity index (χ1n) is 6.18. The molecular weight excluding hydrogens is 246 g/mol. The smallest absolute Gasteiger partial charge is 0.241 e. The first-order chi connectivity index (χ1) is 8.84. The van der Waals surface area contributed by atoms with Crippen LogP contribution in [0.25, 0.3) is 10.1 Å². The third-order valence-corrected chi connectivity index (χ3v) is 4.13. The van der Waals surface area contributed by atoms with Crippen LogP contribution in [0.4, 0.5) is 5.82 Å². The molecule has 5 heteroatoms. The molecule has 0 spiro atoms. The first kappa shape index (κ1) is 11.5. The van der Waals surface area contributed by atoms with E-state index in [-0.39, 0.29) is 5.91 Å². The minimum Gasteiger partial charge on any atom is -0.360 e. The van der Waals surface area contributed by atoms with Crippen molar-refractivity contribution in [2.45, 2.75) is 12.8 Å². The van der Waals surface area contributed by atoms with Crippen LogP contribution in [0.3, 0.4) is 0 Å².